The number of ether oxygens (including phenoxy) is 1. The number of carboxylic acid groups (broad SMARTS) is 1. The second-order valence-electron chi connectivity index (χ2n) is 8.19. The summed E-state index contributed by atoms with van der Waals surface area (Å²) in [5.74, 6) is 0.00855. The third-order valence-corrected chi connectivity index (χ3v) is 5.97. The van der Waals surface area contributed by atoms with E-state index in [1.165, 1.54) is 0 Å². The number of carbonyl (C=O) groups is 1. The number of aromatic amines is 1. The van der Waals surface area contributed by atoms with Gasteiger partial charge in [0.25, 0.3) is 0 Å². The van der Waals surface area contributed by atoms with Crippen LogP contribution in [0.4, 0.5) is 5.69 Å². The van der Waals surface area contributed by atoms with Crippen LogP contribution in [0.25, 0.3) is 22.0 Å². The monoisotopic (exact) mass is 429 g/mol. The summed E-state index contributed by atoms with van der Waals surface area (Å²) >= 11 is 0. The molecule has 4 aromatic rings. The first-order chi connectivity index (χ1) is 15.5. The highest BCUT2D eigenvalue weighted by Gasteiger charge is 2.27. The molecule has 0 amide bonds. The molecule has 162 valence electrons. The fourth-order valence-corrected chi connectivity index (χ4v) is 4.41. The van der Waals surface area contributed by atoms with E-state index in [-0.39, 0.29) is 18.3 Å². The minimum atomic E-state index is -0.853. The van der Waals surface area contributed by atoms with Crippen molar-refractivity contribution in [2.24, 2.45) is 0 Å². The van der Waals surface area contributed by atoms with Crippen molar-refractivity contribution in [1.82, 2.24) is 10.2 Å². The zero-order valence-corrected chi connectivity index (χ0v) is 17.3. The molecular weight excluding hydrogens is 406 g/mol. The zero-order chi connectivity index (χ0) is 22.2. The van der Waals surface area contributed by atoms with Gasteiger partial charge in [0.05, 0.1) is 17.4 Å². The molecule has 1 heterocycles. The number of nitrogens with two attached hydrogens (primary N) is 1. The predicted molar refractivity (Wildman–Crippen MR) is 122 cm³/mol. The topological polar surface area (TPSA) is 121 Å². The number of aliphatic carboxylic acids is 1. The number of nitrogen functional groups attached to an aromatic ring is 1. The van der Waals surface area contributed by atoms with Gasteiger partial charge >= 0.3 is 5.97 Å². The molecule has 0 fully saturated rings. The van der Waals surface area contributed by atoms with Crippen LogP contribution in [0.1, 0.15) is 23.1 Å². The second kappa shape index (κ2) is 7.92. The summed E-state index contributed by atoms with van der Waals surface area (Å²) in [6, 6.07) is 15.2. The summed E-state index contributed by atoms with van der Waals surface area (Å²) in [6.07, 6.45) is 3.29. The second-order valence-corrected chi connectivity index (χ2v) is 8.19. The molecule has 7 heteroatoms. The standard InChI is InChI=1S/C25H23N3O4/c26-21-9-14(4-7-24(30)31)8-20(16-5-6-22-17(10-16)13-27-28-22)25(21)32-18-11-15-2-1-3-23(29)19(15)12-18/h1-3,5-6,8-10,13,18,29H,4,7,11-12,26H2,(H,27,28)(H,30,31). The number of hydrogen-bond acceptors (Lipinski definition) is 5. The van der Waals surface area contributed by atoms with Crippen LogP contribution < -0.4 is 10.5 Å². The van der Waals surface area contributed by atoms with Gasteiger partial charge in [0.2, 0.25) is 0 Å². The minimum absolute atomic E-state index is 0.0249. The molecule has 0 bridgehead atoms. The lowest BCUT2D eigenvalue weighted by atomic mass is 9.97. The first kappa shape index (κ1) is 19.9. The van der Waals surface area contributed by atoms with Crippen molar-refractivity contribution < 1.29 is 19.7 Å². The summed E-state index contributed by atoms with van der Waals surface area (Å²) in [7, 11) is 0. The molecule has 3 aromatic carbocycles. The molecule has 0 saturated carbocycles. The number of H-pyrrole nitrogens is 1. The summed E-state index contributed by atoms with van der Waals surface area (Å²) in [5, 5.41) is 27.3. The number of nitrogens with one attached hydrogen (secondary N) is 1. The third kappa shape index (κ3) is 3.73. The van der Waals surface area contributed by atoms with Crippen molar-refractivity contribution in [3.05, 3.63) is 71.4 Å². The number of fused-ring (bicyclic) bond motifs is 2. The molecule has 0 radical (unpaired) electrons. The van der Waals surface area contributed by atoms with Crippen LogP contribution in [0.2, 0.25) is 0 Å². The quantitative estimate of drug-likeness (QED) is 0.343. The van der Waals surface area contributed by atoms with Gasteiger partial charge in [-0.05, 0) is 53.4 Å². The lowest BCUT2D eigenvalue weighted by Gasteiger charge is -2.20. The number of aryl methyl sites for hydroxylation is 1. The molecule has 0 aliphatic heterocycles. The Morgan fingerprint density at radius 2 is 2.06 bits per heavy atom. The maximum absolute atomic E-state index is 11.1. The van der Waals surface area contributed by atoms with Gasteiger partial charge in [-0.15, -0.1) is 0 Å². The Hall–Kier alpha value is -4.00. The Morgan fingerprint density at radius 3 is 2.88 bits per heavy atom. The number of hydrogen-bond donors (Lipinski definition) is 4. The summed E-state index contributed by atoms with van der Waals surface area (Å²) in [6.45, 7) is 0. The number of nitrogens with zero attached hydrogens (tertiary/aromatic N) is 1. The van der Waals surface area contributed by atoms with Gasteiger partial charge in [-0.3, -0.25) is 9.89 Å². The number of aromatic hydroxyl groups is 1. The number of phenols is 1. The van der Waals surface area contributed by atoms with Crippen molar-refractivity contribution in [3.8, 4) is 22.6 Å². The molecule has 7 nitrogen and oxygen atoms in total. The van der Waals surface area contributed by atoms with Crippen molar-refractivity contribution in [2.75, 3.05) is 5.73 Å². The molecule has 0 spiro atoms. The van der Waals surface area contributed by atoms with Crippen LogP contribution >= 0.6 is 0 Å². The number of rotatable bonds is 6. The van der Waals surface area contributed by atoms with Crippen LogP contribution in [0.15, 0.2) is 54.7 Å². The Balaban J connectivity index is 1.53. The maximum Gasteiger partial charge on any atom is 0.303 e. The van der Waals surface area contributed by atoms with Crippen LogP contribution in [0.3, 0.4) is 0 Å². The Labute approximate surface area is 184 Å². The fourth-order valence-electron chi connectivity index (χ4n) is 4.41. The van der Waals surface area contributed by atoms with Crippen LogP contribution in [-0.4, -0.2) is 32.5 Å². The third-order valence-electron chi connectivity index (χ3n) is 5.97. The Morgan fingerprint density at radius 1 is 1.19 bits per heavy atom. The van der Waals surface area contributed by atoms with E-state index in [2.05, 4.69) is 10.2 Å². The highest BCUT2D eigenvalue weighted by molar-refractivity contribution is 5.87. The highest BCUT2D eigenvalue weighted by Crippen LogP contribution is 2.40. The predicted octanol–water partition coefficient (Wildman–Crippen LogP) is 4.08. The fraction of sp³-hybridized carbons (Fsp3) is 0.200. The van der Waals surface area contributed by atoms with E-state index in [4.69, 9.17) is 15.6 Å². The highest BCUT2D eigenvalue weighted by atomic mass is 16.5. The van der Waals surface area contributed by atoms with Gasteiger partial charge in [-0.1, -0.05) is 18.2 Å². The normalized spacial score (nSPS) is 15.1. The molecule has 1 aliphatic carbocycles. The Kier molecular flexibility index (Phi) is 4.93. The van der Waals surface area contributed by atoms with E-state index >= 15 is 0 Å². The van der Waals surface area contributed by atoms with Gasteiger partial charge in [-0.2, -0.15) is 5.10 Å². The van der Waals surface area contributed by atoms with Crippen molar-refractivity contribution in [2.45, 2.75) is 31.8 Å². The zero-order valence-electron chi connectivity index (χ0n) is 17.3. The summed E-state index contributed by atoms with van der Waals surface area (Å²) < 4.78 is 6.43. The van der Waals surface area contributed by atoms with Crippen molar-refractivity contribution in [1.29, 1.82) is 0 Å². The lowest BCUT2D eigenvalue weighted by Crippen LogP contribution is -2.18. The molecule has 1 atom stereocenters. The number of benzene rings is 3. The molecule has 5 N–H and O–H groups in total. The summed E-state index contributed by atoms with van der Waals surface area (Å²) in [4.78, 5) is 11.1. The van der Waals surface area contributed by atoms with Crippen LogP contribution in [0.5, 0.6) is 11.5 Å². The van der Waals surface area contributed by atoms with Crippen molar-refractivity contribution in [3.63, 3.8) is 0 Å². The first-order valence-electron chi connectivity index (χ1n) is 10.5. The average Bonchev–Trinajstić information content (AvgIpc) is 3.40. The minimum Gasteiger partial charge on any atom is -0.508 e. The van der Waals surface area contributed by atoms with E-state index in [9.17, 15) is 9.90 Å². The van der Waals surface area contributed by atoms with E-state index in [0.717, 1.165) is 38.7 Å². The van der Waals surface area contributed by atoms with Crippen LogP contribution in [0, 0.1) is 0 Å². The molecule has 5 rings (SSSR count). The summed E-state index contributed by atoms with van der Waals surface area (Å²) in [5.41, 5.74) is 12.4. The first-order valence-corrected chi connectivity index (χ1v) is 10.5. The largest absolute Gasteiger partial charge is 0.508 e. The van der Waals surface area contributed by atoms with Crippen molar-refractivity contribution >= 4 is 22.6 Å². The number of anilines is 1. The van der Waals surface area contributed by atoms with Gasteiger partial charge in [-0.25, -0.2) is 0 Å². The number of carboxylic acids is 1. The van der Waals surface area contributed by atoms with E-state index in [1.807, 2.05) is 36.4 Å². The smallest absolute Gasteiger partial charge is 0.303 e. The SMILES string of the molecule is Nc1cc(CCC(=O)O)cc(-c2ccc3[nH]ncc3c2)c1OC1Cc2cccc(O)c2C1. The molecule has 1 unspecified atom stereocenters. The van der Waals surface area contributed by atoms with Gasteiger partial charge in [0, 0.05) is 35.8 Å². The van der Waals surface area contributed by atoms with E-state index in [1.54, 1.807) is 18.3 Å². The van der Waals surface area contributed by atoms with E-state index < -0.39 is 5.97 Å². The molecular formula is C25H23N3O4. The van der Waals surface area contributed by atoms with Gasteiger partial charge in [0.1, 0.15) is 17.6 Å². The lowest BCUT2D eigenvalue weighted by molar-refractivity contribution is -0.136. The Bertz CT molecular complexity index is 1330. The van der Waals surface area contributed by atoms with Gasteiger partial charge in [0.15, 0.2) is 0 Å². The van der Waals surface area contributed by atoms with Gasteiger partial charge < -0.3 is 20.7 Å². The van der Waals surface area contributed by atoms with E-state index in [0.29, 0.717) is 30.7 Å². The number of aromatic nitrogens is 2. The average molecular weight is 429 g/mol. The van der Waals surface area contributed by atoms with Crippen LogP contribution in [-0.2, 0) is 24.1 Å². The number of phenolic OH excluding ortho intramolecular Hbond substituents is 1. The molecule has 32 heavy (non-hydrogen) atoms. The molecule has 1 aliphatic rings. The molecule has 0 saturated heterocycles. The maximum atomic E-state index is 11.1. The molecule has 1 aromatic heterocycles.